The summed E-state index contributed by atoms with van der Waals surface area (Å²) < 4.78 is 0. The predicted molar refractivity (Wildman–Crippen MR) is 21.2 cm³/mol. The Balaban J connectivity index is -0.0000000230. The number of hydrogen-bond acceptors (Lipinski definition) is 11. The standard InChI is InChI=1S/3CH2O3.CO2.2La/c3*2-1(3)4;2-1-3;;/h3*(H2,2,3,4);;;/q;;;;2*+3/p-6. The molecule has 0 N–H and O–H groups in total. The van der Waals surface area contributed by atoms with Crippen LogP contribution in [0.4, 0.5) is 14.4 Å². The number of rotatable bonds is 0. The van der Waals surface area contributed by atoms with Gasteiger partial charge in [0, 0.05) is 0 Å². The van der Waals surface area contributed by atoms with E-state index in [0.717, 1.165) is 0 Å². The minimum Gasteiger partial charge on any atom is -0.652 e. The van der Waals surface area contributed by atoms with Crippen LogP contribution in [-0.4, -0.2) is 24.6 Å². The van der Waals surface area contributed by atoms with E-state index in [9.17, 15) is 0 Å². The van der Waals surface area contributed by atoms with Gasteiger partial charge in [-0.3, -0.25) is 0 Å². The Morgan fingerprint density at radius 1 is 0.588 bits per heavy atom. The van der Waals surface area contributed by atoms with E-state index >= 15 is 0 Å². The van der Waals surface area contributed by atoms with Crippen molar-refractivity contribution in [2.75, 3.05) is 0 Å². The molecule has 0 heterocycles. The van der Waals surface area contributed by atoms with Crippen molar-refractivity contribution >= 4 is 24.6 Å². The van der Waals surface area contributed by atoms with Gasteiger partial charge in [-0.05, 0) is 18.5 Å². The molecule has 0 amide bonds. The molecule has 0 aliphatic rings. The van der Waals surface area contributed by atoms with E-state index in [0.29, 0.717) is 0 Å². The predicted octanol–water partition coefficient (Wildman–Crippen LogP) is -7.92. The van der Waals surface area contributed by atoms with Crippen LogP contribution in [0.1, 0.15) is 0 Å². The normalized spacial score (nSPS) is 4.71. The van der Waals surface area contributed by atoms with E-state index in [1.807, 2.05) is 0 Å². The molecule has 0 aromatic carbocycles. The van der Waals surface area contributed by atoms with Crippen LogP contribution in [0, 0.1) is 71.2 Å². The Morgan fingerprint density at radius 2 is 0.588 bits per heavy atom. The zero-order valence-electron chi connectivity index (χ0n) is 7.65. The van der Waals surface area contributed by atoms with E-state index in [1.165, 1.54) is 0 Å². The summed E-state index contributed by atoms with van der Waals surface area (Å²) in [6, 6.07) is 0. The maximum absolute atomic E-state index is 8.33. The first-order chi connectivity index (χ1) is 6.61. The number of carboxylic acid groups (broad SMARTS) is 6. The minimum atomic E-state index is -2.33. The maximum Gasteiger partial charge on any atom is 3.00 e. The van der Waals surface area contributed by atoms with Crippen LogP contribution < -0.4 is 30.6 Å². The van der Waals surface area contributed by atoms with Gasteiger partial charge in [0.2, 0.25) is 0 Å². The van der Waals surface area contributed by atoms with Crippen molar-refractivity contribution in [3.05, 3.63) is 0 Å². The van der Waals surface area contributed by atoms with E-state index in [-0.39, 0.29) is 77.3 Å². The Labute approximate surface area is 149 Å². The van der Waals surface area contributed by atoms with Crippen molar-refractivity contribution in [2.45, 2.75) is 0 Å². The van der Waals surface area contributed by atoms with Crippen LogP contribution in [-0.2, 0) is 9.59 Å². The Morgan fingerprint density at radius 3 is 0.588 bits per heavy atom. The fraction of sp³-hybridized carbons (Fsp3) is 0. The van der Waals surface area contributed by atoms with Crippen LogP contribution in [0.5, 0.6) is 0 Å². The van der Waals surface area contributed by atoms with Crippen LogP contribution in [0.3, 0.4) is 0 Å². The summed E-state index contributed by atoms with van der Waals surface area (Å²) in [5.41, 5.74) is 0. The summed E-state index contributed by atoms with van der Waals surface area (Å²) in [4.78, 5) is 41.2. The van der Waals surface area contributed by atoms with Gasteiger partial charge in [-0.2, -0.15) is 9.59 Å². The first-order valence-electron chi connectivity index (χ1n) is 2.25. The average molecular weight is 502 g/mol. The molecule has 0 radical (unpaired) electrons. The quantitative estimate of drug-likeness (QED) is 0.303. The summed E-state index contributed by atoms with van der Waals surface area (Å²) in [5.74, 6) is 0. The molecule has 0 fully saturated rings. The fourth-order valence-corrected chi connectivity index (χ4v) is 0. The molecule has 0 aromatic heterocycles. The topological polar surface area (TPSA) is 224 Å². The molecule has 0 spiro atoms. The Kier molecular flexibility index (Phi) is 76.3. The summed E-state index contributed by atoms with van der Waals surface area (Å²) >= 11 is 0. The maximum atomic E-state index is 8.33. The van der Waals surface area contributed by atoms with Crippen molar-refractivity contribution in [3.63, 3.8) is 0 Å². The van der Waals surface area contributed by atoms with Gasteiger partial charge in [0.25, 0.3) is 0 Å². The zero-order valence-corrected chi connectivity index (χ0v) is 14.9. The van der Waals surface area contributed by atoms with Gasteiger partial charge in [-0.1, -0.05) is 0 Å². The van der Waals surface area contributed by atoms with E-state index in [1.54, 1.807) is 0 Å². The second kappa shape index (κ2) is 36.1. The smallest absolute Gasteiger partial charge is 0.652 e. The molecular weight excluding hydrogens is 502 g/mol. The molecule has 0 aromatic rings. The van der Waals surface area contributed by atoms with Crippen LogP contribution in [0.15, 0.2) is 0 Å². The van der Waals surface area contributed by atoms with Crippen molar-refractivity contribution in [1.82, 2.24) is 0 Å². The molecule has 0 aliphatic carbocycles. The van der Waals surface area contributed by atoms with Crippen LogP contribution in [0.2, 0.25) is 0 Å². The average Bonchev–Trinajstić information content (AvgIpc) is 1.81. The molecular formula is C4La2O11. The molecule has 0 saturated carbocycles. The third kappa shape index (κ3) is 16300. The van der Waals surface area contributed by atoms with Gasteiger partial charge in [-0.25, -0.2) is 0 Å². The molecule has 88 valence electrons. The summed E-state index contributed by atoms with van der Waals surface area (Å²) in [5, 5.41) is 50.0. The van der Waals surface area contributed by atoms with Crippen molar-refractivity contribution in [1.29, 1.82) is 0 Å². The van der Waals surface area contributed by atoms with Crippen LogP contribution >= 0.6 is 0 Å². The second-order valence-electron chi connectivity index (χ2n) is 0.833. The number of carbonyl (C=O) groups is 3. The van der Waals surface area contributed by atoms with E-state index in [2.05, 4.69) is 0 Å². The SMILES string of the molecule is O=C([O-])[O-].O=C([O-])[O-].O=C([O-])[O-].O=C=O.[La+3].[La+3]. The molecule has 0 unspecified atom stereocenters. The van der Waals surface area contributed by atoms with Crippen molar-refractivity contribution in [2.24, 2.45) is 0 Å². The monoisotopic (exact) mass is 502 g/mol. The Bertz CT molecular complexity index is 179. The van der Waals surface area contributed by atoms with Crippen LogP contribution in [0.25, 0.3) is 0 Å². The molecule has 13 heteroatoms. The largest absolute Gasteiger partial charge is 3.00 e. The molecule has 0 atom stereocenters. The molecule has 0 saturated heterocycles. The van der Waals surface area contributed by atoms with Gasteiger partial charge >= 0.3 is 77.3 Å². The minimum absolute atomic E-state index is 0. The van der Waals surface area contributed by atoms with E-state index in [4.69, 9.17) is 54.6 Å². The molecule has 17 heavy (non-hydrogen) atoms. The van der Waals surface area contributed by atoms with Crippen molar-refractivity contribution < 1.29 is 126 Å². The number of hydrogen-bond donors (Lipinski definition) is 0. The molecule has 0 rings (SSSR count). The summed E-state index contributed by atoms with van der Waals surface area (Å²) in [7, 11) is 0. The molecule has 0 bridgehead atoms. The van der Waals surface area contributed by atoms with Gasteiger partial charge in [0.1, 0.15) is 0 Å². The van der Waals surface area contributed by atoms with Gasteiger partial charge < -0.3 is 45.0 Å². The third-order valence-electron chi connectivity index (χ3n) is 0. The van der Waals surface area contributed by atoms with Crippen molar-refractivity contribution in [3.8, 4) is 0 Å². The van der Waals surface area contributed by atoms with Gasteiger partial charge in [0.05, 0.1) is 0 Å². The van der Waals surface area contributed by atoms with E-state index < -0.39 is 18.5 Å². The summed E-state index contributed by atoms with van der Waals surface area (Å²) in [6.07, 6.45) is -6.75. The molecule has 11 nitrogen and oxygen atoms in total. The zero-order chi connectivity index (χ0) is 13.4. The number of carbonyl (C=O) groups excluding carboxylic acids is 5. The third-order valence-corrected chi connectivity index (χ3v) is 0. The Hall–Kier alpha value is -0.420. The summed E-state index contributed by atoms with van der Waals surface area (Å²) in [6.45, 7) is 0. The second-order valence-corrected chi connectivity index (χ2v) is 0.833. The molecule has 0 aliphatic heterocycles. The first kappa shape index (κ1) is 36.0. The fourth-order valence-electron chi connectivity index (χ4n) is 0. The first-order valence-corrected chi connectivity index (χ1v) is 2.25. The van der Waals surface area contributed by atoms with Gasteiger partial charge in [0.15, 0.2) is 0 Å². The van der Waals surface area contributed by atoms with Gasteiger partial charge in [-0.15, -0.1) is 0 Å².